The second kappa shape index (κ2) is 4.77. The van der Waals surface area contributed by atoms with E-state index in [0.717, 1.165) is 6.54 Å². The van der Waals surface area contributed by atoms with Crippen molar-refractivity contribution in [3.8, 4) is 0 Å². The van der Waals surface area contributed by atoms with Gasteiger partial charge in [-0.25, -0.2) is 0 Å². The van der Waals surface area contributed by atoms with Crippen molar-refractivity contribution in [2.75, 3.05) is 32.8 Å². The molecule has 1 fully saturated rings. The first-order valence-corrected chi connectivity index (χ1v) is 4.40. The van der Waals surface area contributed by atoms with E-state index in [0.29, 0.717) is 19.7 Å². The van der Waals surface area contributed by atoms with Gasteiger partial charge in [0.05, 0.1) is 18.8 Å². The fourth-order valence-corrected chi connectivity index (χ4v) is 1.53. The summed E-state index contributed by atoms with van der Waals surface area (Å²) in [6.07, 6.45) is -0.460. The van der Waals surface area contributed by atoms with Crippen LogP contribution in [-0.4, -0.2) is 60.2 Å². The summed E-state index contributed by atoms with van der Waals surface area (Å²) >= 11 is 0. The molecule has 0 aromatic rings. The number of β-amino-alcohol motifs (C(OH)–C–C–N with tert-alkyl or cyclic N) is 2. The molecule has 72 valence electrons. The van der Waals surface area contributed by atoms with Crippen LogP contribution in [0.1, 0.15) is 6.92 Å². The Balaban J connectivity index is 2.29. The lowest BCUT2D eigenvalue weighted by atomic mass is 10.3. The number of nitrogens with zero attached hydrogens (tertiary/aromatic N) is 1. The van der Waals surface area contributed by atoms with E-state index in [1.54, 1.807) is 0 Å². The third-order valence-electron chi connectivity index (χ3n) is 2.11. The number of ether oxygens (including phenoxy) is 1. The molecule has 2 N–H and O–H groups in total. The monoisotopic (exact) mass is 175 g/mol. The van der Waals surface area contributed by atoms with Crippen LogP contribution in [0, 0.1) is 0 Å². The van der Waals surface area contributed by atoms with Gasteiger partial charge in [0.25, 0.3) is 0 Å². The van der Waals surface area contributed by atoms with Crippen LogP contribution in [0.4, 0.5) is 0 Å². The number of likely N-dealkylation sites (tertiary alicyclic amines) is 1. The molecular formula is C8H17NO3. The SMILES string of the molecule is CCO[C@@H]1CN(CCO)C[C@H]1O. The topological polar surface area (TPSA) is 52.9 Å². The van der Waals surface area contributed by atoms with Crippen LogP contribution in [0.15, 0.2) is 0 Å². The van der Waals surface area contributed by atoms with E-state index >= 15 is 0 Å². The van der Waals surface area contributed by atoms with Crippen molar-refractivity contribution in [1.29, 1.82) is 0 Å². The van der Waals surface area contributed by atoms with Crippen LogP contribution in [0.5, 0.6) is 0 Å². The van der Waals surface area contributed by atoms with Crippen molar-refractivity contribution in [3.05, 3.63) is 0 Å². The zero-order valence-corrected chi connectivity index (χ0v) is 7.44. The Morgan fingerprint density at radius 1 is 1.50 bits per heavy atom. The summed E-state index contributed by atoms with van der Waals surface area (Å²) in [5.74, 6) is 0. The molecule has 4 heteroatoms. The molecule has 0 aromatic carbocycles. The fraction of sp³-hybridized carbons (Fsp3) is 1.00. The maximum atomic E-state index is 9.47. The first-order chi connectivity index (χ1) is 5.77. The maximum Gasteiger partial charge on any atom is 0.0972 e. The normalized spacial score (nSPS) is 31.2. The van der Waals surface area contributed by atoms with Gasteiger partial charge in [0.15, 0.2) is 0 Å². The van der Waals surface area contributed by atoms with Gasteiger partial charge in [-0.15, -0.1) is 0 Å². The highest BCUT2D eigenvalue weighted by Crippen LogP contribution is 2.12. The Hall–Kier alpha value is -0.160. The van der Waals surface area contributed by atoms with Crippen molar-refractivity contribution in [2.45, 2.75) is 19.1 Å². The molecular weight excluding hydrogens is 158 g/mol. The number of aliphatic hydroxyl groups excluding tert-OH is 2. The molecule has 1 aliphatic rings. The van der Waals surface area contributed by atoms with E-state index in [9.17, 15) is 5.11 Å². The minimum absolute atomic E-state index is 0.0680. The minimum atomic E-state index is -0.392. The molecule has 0 aliphatic carbocycles. The summed E-state index contributed by atoms with van der Waals surface area (Å²) in [4.78, 5) is 2.00. The third kappa shape index (κ3) is 2.42. The van der Waals surface area contributed by atoms with E-state index in [1.165, 1.54) is 0 Å². The fourth-order valence-electron chi connectivity index (χ4n) is 1.53. The van der Waals surface area contributed by atoms with E-state index < -0.39 is 6.10 Å². The zero-order valence-electron chi connectivity index (χ0n) is 7.44. The summed E-state index contributed by atoms with van der Waals surface area (Å²) in [7, 11) is 0. The van der Waals surface area contributed by atoms with Crippen molar-refractivity contribution in [1.82, 2.24) is 4.90 Å². The highest BCUT2D eigenvalue weighted by atomic mass is 16.5. The van der Waals surface area contributed by atoms with Gasteiger partial charge in [-0.3, -0.25) is 4.90 Å². The Kier molecular flexibility index (Phi) is 3.94. The smallest absolute Gasteiger partial charge is 0.0972 e. The van der Waals surface area contributed by atoms with Gasteiger partial charge in [0, 0.05) is 26.2 Å². The van der Waals surface area contributed by atoms with Gasteiger partial charge in [0.1, 0.15) is 0 Å². The van der Waals surface area contributed by atoms with Gasteiger partial charge in [-0.1, -0.05) is 0 Å². The standard InChI is InChI=1S/C8H17NO3/c1-2-12-8-6-9(3-4-10)5-7(8)11/h7-8,10-11H,2-6H2,1H3/t7-,8-/m1/s1. The van der Waals surface area contributed by atoms with E-state index in [-0.39, 0.29) is 12.7 Å². The molecule has 1 saturated heterocycles. The summed E-state index contributed by atoms with van der Waals surface area (Å²) in [5.41, 5.74) is 0. The first kappa shape index (κ1) is 9.92. The van der Waals surface area contributed by atoms with E-state index in [1.807, 2.05) is 11.8 Å². The summed E-state index contributed by atoms with van der Waals surface area (Å²) in [5, 5.41) is 18.1. The average molecular weight is 175 g/mol. The van der Waals surface area contributed by atoms with Crippen LogP contribution >= 0.6 is 0 Å². The lowest BCUT2D eigenvalue weighted by molar-refractivity contribution is -0.00246. The Labute approximate surface area is 72.7 Å². The molecule has 12 heavy (non-hydrogen) atoms. The second-order valence-corrected chi connectivity index (χ2v) is 3.04. The molecule has 0 saturated carbocycles. The lowest BCUT2D eigenvalue weighted by Gasteiger charge is -2.13. The Morgan fingerprint density at radius 2 is 2.25 bits per heavy atom. The predicted octanol–water partition coefficient (Wildman–Crippen LogP) is -0.940. The van der Waals surface area contributed by atoms with Crippen LogP contribution in [0.3, 0.4) is 0 Å². The van der Waals surface area contributed by atoms with Crippen LogP contribution in [0.2, 0.25) is 0 Å². The summed E-state index contributed by atoms with van der Waals surface area (Å²) in [6.45, 7) is 4.67. The van der Waals surface area contributed by atoms with E-state index in [4.69, 9.17) is 9.84 Å². The molecule has 1 aliphatic heterocycles. The molecule has 0 aromatic heterocycles. The molecule has 0 bridgehead atoms. The molecule has 4 nitrogen and oxygen atoms in total. The van der Waals surface area contributed by atoms with Gasteiger partial charge >= 0.3 is 0 Å². The van der Waals surface area contributed by atoms with Gasteiger partial charge in [0.2, 0.25) is 0 Å². The van der Waals surface area contributed by atoms with Gasteiger partial charge in [-0.05, 0) is 6.92 Å². The zero-order chi connectivity index (χ0) is 8.97. The molecule has 0 spiro atoms. The second-order valence-electron chi connectivity index (χ2n) is 3.04. The quantitative estimate of drug-likeness (QED) is 0.579. The number of hydrogen-bond acceptors (Lipinski definition) is 4. The lowest BCUT2D eigenvalue weighted by Crippen LogP contribution is -2.27. The molecule has 1 rings (SSSR count). The molecule has 2 atom stereocenters. The van der Waals surface area contributed by atoms with Crippen molar-refractivity contribution in [3.63, 3.8) is 0 Å². The Bertz CT molecular complexity index is 131. The molecule has 1 heterocycles. The molecule has 0 radical (unpaired) electrons. The van der Waals surface area contributed by atoms with Gasteiger partial charge < -0.3 is 14.9 Å². The molecule has 0 amide bonds. The summed E-state index contributed by atoms with van der Waals surface area (Å²) in [6, 6.07) is 0. The van der Waals surface area contributed by atoms with Crippen LogP contribution < -0.4 is 0 Å². The number of hydrogen-bond donors (Lipinski definition) is 2. The highest BCUT2D eigenvalue weighted by molar-refractivity contribution is 4.84. The van der Waals surface area contributed by atoms with Crippen molar-refractivity contribution >= 4 is 0 Å². The number of rotatable bonds is 4. The predicted molar refractivity (Wildman–Crippen MR) is 44.9 cm³/mol. The van der Waals surface area contributed by atoms with Gasteiger partial charge in [-0.2, -0.15) is 0 Å². The Morgan fingerprint density at radius 3 is 2.83 bits per heavy atom. The first-order valence-electron chi connectivity index (χ1n) is 4.40. The average Bonchev–Trinajstić information content (AvgIpc) is 2.34. The van der Waals surface area contributed by atoms with Crippen LogP contribution in [-0.2, 0) is 4.74 Å². The summed E-state index contributed by atoms with van der Waals surface area (Å²) < 4.78 is 5.32. The molecule has 0 unspecified atom stereocenters. The van der Waals surface area contributed by atoms with E-state index in [2.05, 4.69) is 0 Å². The van der Waals surface area contributed by atoms with Crippen molar-refractivity contribution in [2.24, 2.45) is 0 Å². The number of aliphatic hydroxyl groups is 2. The van der Waals surface area contributed by atoms with Crippen LogP contribution in [0.25, 0.3) is 0 Å². The largest absolute Gasteiger partial charge is 0.395 e. The third-order valence-corrected chi connectivity index (χ3v) is 2.11. The maximum absolute atomic E-state index is 9.47. The highest BCUT2D eigenvalue weighted by Gasteiger charge is 2.30. The minimum Gasteiger partial charge on any atom is -0.395 e. The van der Waals surface area contributed by atoms with Crippen molar-refractivity contribution < 1.29 is 14.9 Å².